The Balaban J connectivity index is 1.75. The van der Waals surface area contributed by atoms with Crippen LogP contribution in [-0.4, -0.2) is 89.7 Å². The van der Waals surface area contributed by atoms with Gasteiger partial charge in [0.2, 0.25) is 0 Å². The van der Waals surface area contributed by atoms with Gasteiger partial charge < -0.3 is 23.1 Å². The number of thioether (sulfide) groups is 1. The second kappa shape index (κ2) is 9.49. The zero-order valence-corrected chi connectivity index (χ0v) is 15.3. The van der Waals surface area contributed by atoms with Crippen LogP contribution in [0.5, 0.6) is 0 Å². The van der Waals surface area contributed by atoms with E-state index in [1.165, 1.54) is 26.2 Å². The molecule has 0 N–H and O–H groups in total. The lowest BCUT2D eigenvalue weighted by Crippen LogP contribution is -2.49. The van der Waals surface area contributed by atoms with Gasteiger partial charge in [0, 0.05) is 63.5 Å². The molecule has 0 atom stereocenters. The van der Waals surface area contributed by atoms with E-state index in [9.17, 15) is 0 Å². The van der Waals surface area contributed by atoms with E-state index < -0.39 is 8.80 Å². The molecule has 0 radical (unpaired) electrons. The van der Waals surface area contributed by atoms with Crippen molar-refractivity contribution in [2.75, 3.05) is 71.1 Å². The highest BCUT2D eigenvalue weighted by atomic mass is 32.2. The Kier molecular flexibility index (Phi) is 8.01. The lowest BCUT2D eigenvalue weighted by atomic mass is 10.3. The molecule has 0 unspecified atom stereocenters. The van der Waals surface area contributed by atoms with Gasteiger partial charge in [0.05, 0.1) is 0 Å². The molecule has 0 aliphatic carbocycles. The predicted octanol–water partition coefficient (Wildman–Crippen LogP) is 1.38. The molecule has 7 heteroatoms. The number of hydrogen-bond acceptors (Lipinski definition) is 6. The Morgan fingerprint density at radius 3 is 2.38 bits per heavy atom. The summed E-state index contributed by atoms with van der Waals surface area (Å²) in [6, 6.07) is 0.956. The normalized spacial score (nSPS) is 25.4. The summed E-state index contributed by atoms with van der Waals surface area (Å²) in [7, 11) is -0.217. The van der Waals surface area contributed by atoms with Crippen LogP contribution in [0.2, 0.25) is 6.04 Å². The number of piperazine rings is 1. The molecule has 2 saturated heterocycles. The van der Waals surface area contributed by atoms with Crippen LogP contribution >= 0.6 is 11.8 Å². The molecule has 0 spiro atoms. The van der Waals surface area contributed by atoms with E-state index >= 15 is 0 Å². The lowest BCUT2D eigenvalue weighted by Gasteiger charge is -2.34. The molecule has 21 heavy (non-hydrogen) atoms. The van der Waals surface area contributed by atoms with E-state index in [2.05, 4.69) is 16.8 Å². The fraction of sp³-hybridized carbons (Fsp3) is 1.00. The number of likely N-dealkylation sites (N-methyl/N-ethyl adjacent to an activating group) is 1. The van der Waals surface area contributed by atoms with E-state index in [0.29, 0.717) is 6.61 Å². The molecule has 0 aromatic carbocycles. The molecule has 0 aromatic heterocycles. The first-order chi connectivity index (χ1) is 10.2. The van der Waals surface area contributed by atoms with Gasteiger partial charge in [0.25, 0.3) is 0 Å². The third-order valence-electron chi connectivity index (χ3n) is 4.02. The molecular weight excluding hydrogens is 304 g/mol. The quantitative estimate of drug-likeness (QED) is 0.683. The van der Waals surface area contributed by atoms with Crippen molar-refractivity contribution in [2.24, 2.45) is 0 Å². The maximum atomic E-state index is 6.06. The topological polar surface area (TPSA) is 34.2 Å². The van der Waals surface area contributed by atoms with E-state index in [1.807, 2.05) is 18.7 Å². The van der Waals surface area contributed by atoms with E-state index in [-0.39, 0.29) is 0 Å². The molecule has 2 rings (SSSR count). The fourth-order valence-electron chi connectivity index (χ4n) is 2.77. The van der Waals surface area contributed by atoms with Crippen molar-refractivity contribution < 1.29 is 13.3 Å². The second-order valence-electron chi connectivity index (χ2n) is 5.67. The van der Waals surface area contributed by atoms with Crippen LogP contribution in [0.25, 0.3) is 0 Å². The van der Waals surface area contributed by atoms with Crippen LogP contribution in [0.3, 0.4) is 0 Å². The summed E-state index contributed by atoms with van der Waals surface area (Å²) in [4.78, 5) is 4.94. The summed E-state index contributed by atoms with van der Waals surface area (Å²) in [5, 5.41) is 0. The molecule has 0 amide bonds. The average Bonchev–Trinajstić information content (AvgIpc) is 2.45. The van der Waals surface area contributed by atoms with Gasteiger partial charge in [-0.2, -0.15) is 11.8 Å². The Hall–Kier alpha value is 0.367. The molecular formula is C14H30N2O3SSi. The van der Waals surface area contributed by atoms with Gasteiger partial charge in [-0.15, -0.1) is 0 Å². The van der Waals surface area contributed by atoms with E-state index in [1.54, 1.807) is 0 Å². The first-order valence-corrected chi connectivity index (χ1v) is 11.2. The molecule has 2 heterocycles. The molecule has 124 valence electrons. The highest BCUT2D eigenvalue weighted by Gasteiger charge is 2.41. The summed E-state index contributed by atoms with van der Waals surface area (Å²) in [5.74, 6) is 2.12. The predicted molar refractivity (Wildman–Crippen MR) is 90.0 cm³/mol. The fourth-order valence-corrected chi connectivity index (χ4v) is 6.21. The van der Waals surface area contributed by atoms with Crippen molar-refractivity contribution in [1.82, 2.24) is 9.80 Å². The maximum Gasteiger partial charge on any atom is 0.501 e. The Morgan fingerprint density at radius 1 is 1.10 bits per heavy atom. The number of rotatable bonds is 6. The van der Waals surface area contributed by atoms with Crippen LogP contribution in [0, 0.1) is 0 Å². The smallest absolute Gasteiger partial charge is 0.374 e. The first-order valence-electron chi connectivity index (χ1n) is 8.14. The molecule has 5 nitrogen and oxygen atoms in total. The Morgan fingerprint density at radius 2 is 1.76 bits per heavy atom. The summed E-state index contributed by atoms with van der Waals surface area (Å²) >= 11 is 1.90. The van der Waals surface area contributed by atoms with Gasteiger partial charge in [-0.3, -0.25) is 0 Å². The third-order valence-corrected chi connectivity index (χ3v) is 7.91. The largest absolute Gasteiger partial charge is 0.501 e. The zero-order chi connectivity index (χ0) is 15.0. The van der Waals surface area contributed by atoms with Crippen molar-refractivity contribution in [3.8, 4) is 0 Å². The molecule has 2 aliphatic heterocycles. The second-order valence-corrected chi connectivity index (χ2v) is 9.63. The van der Waals surface area contributed by atoms with Gasteiger partial charge in [-0.05, 0) is 26.9 Å². The van der Waals surface area contributed by atoms with Crippen molar-refractivity contribution in [3.05, 3.63) is 0 Å². The zero-order valence-electron chi connectivity index (χ0n) is 13.5. The van der Waals surface area contributed by atoms with Crippen LogP contribution in [0.15, 0.2) is 0 Å². The summed E-state index contributed by atoms with van der Waals surface area (Å²) < 4.78 is 18.1. The lowest BCUT2D eigenvalue weighted by molar-refractivity contribution is 0.0688. The van der Waals surface area contributed by atoms with Crippen molar-refractivity contribution >= 4 is 20.6 Å². The van der Waals surface area contributed by atoms with Gasteiger partial charge in [-0.25, -0.2) is 0 Å². The maximum absolute atomic E-state index is 6.06. The van der Waals surface area contributed by atoms with Gasteiger partial charge >= 0.3 is 8.80 Å². The highest BCUT2D eigenvalue weighted by molar-refractivity contribution is 7.99. The monoisotopic (exact) mass is 334 g/mol. The molecule has 2 aliphatic rings. The number of nitrogens with zero attached hydrogens (tertiary/aromatic N) is 2. The minimum absolute atomic E-state index is 0.688. The molecule has 0 bridgehead atoms. The molecule has 0 saturated carbocycles. The standard InChI is InChI=1S/C14H30N2O3SSi/c1-3-17-21(18-10-12-20-13-11-19-21)14-4-5-16-8-6-15(2)7-9-16/h3-14H2,1-2H3. The van der Waals surface area contributed by atoms with Gasteiger partial charge in [-0.1, -0.05) is 0 Å². The minimum Gasteiger partial charge on any atom is -0.374 e. The first kappa shape index (κ1) is 17.7. The summed E-state index contributed by atoms with van der Waals surface area (Å²) in [6.45, 7) is 10.1. The highest BCUT2D eigenvalue weighted by Crippen LogP contribution is 2.21. The van der Waals surface area contributed by atoms with E-state index in [4.69, 9.17) is 13.3 Å². The van der Waals surface area contributed by atoms with Crippen LogP contribution in [0.1, 0.15) is 13.3 Å². The van der Waals surface area contributed by atoms with Gasteiger partial charge in [0.1, 0.15) is 0 Å². The minimum atomic E-state index is -2.41. The van der Waals surface area contributed by atoms with Gasteiger partial charge in [0.15, 0.2) is 0 Å². The van der Waals surface area contributed by atoms with Crippen LogP contribution in [-0.2, 0) is 13.3 Å². The Labute approximate surface area is 134 Å². The van der Waals surface area contributed by atoms with Crippen molar-refractivity contribution in [2.45, 2.75) is 19.4 Å². The van der Waals surface area contributed by atoms with Crippen molar-refractivity contribution in [3.63, 3.8) is 0 Å². The SMILES string of the molecule is CCO[Si]1(CCCN2CCN(C)CC2)OCCSCCO1. The average molecular weight is 335 g/mol. The third kappa shape index (κ3) is 6.17. The van der Waals surface area contributed by atoms with Crippen LogP contribution in [0.4, 0.5) is 0 Å². The van der Waals surface area contributed by atoms with E-state index in [0.717, 1.165) is 43.7 Å². The molecule has 2 fully saturated rings. The molecule has 0 aromatic rings. The number of hydrogen-bond donors (Lipinski definition) is 0. The van der Waals surface area contributed by atoms with Crippen molar-refractivity contribution in [1.29, 1.82) is 0 Å². The summed E-state index contributed by atoms with van der Waals surface area (Å²) in [5.41, 5.74) is 0. The van der Waals surface area contributed by atoms with Crippen LogP contribution < -0.4 is 0 Å². The Bertz CT molecular complexity index is 283. The summed E-state index contributed by atoms with van der Waals surface area (Å²) in [6.07, 6.45) is 1.11.